The Bertz CT molecular complexity index is 1790. The molecule has 0 aliphatic rings. The summed E-state index contributed by atoms with van der Waals surface area (Å²) in [6.07, 6.45) is 0. The van der Waals surface area contributed by atoms with Crippen LogP contribution in [0.3, 0.4) is 0 Å². The van der Waals surface area contributed by atoms with Gasteiger partial charge in [0.25, 0.3) is 0 Å². The van der Waals surface area contributed by atoms with Crippen molar-refractivity contribution < 1.29 is 43.2 Å². The molecule has 4 aromatic rings. The van der Waals surface area contributed by atoms with Gasteiger partial charge in [0.05, 0.1) is 10.8 Å². The molecule has 0 bridgehead atoms. The third kappa shape index (κ3) is 6.48. The standard InChI is InChI=1S/C23H21OS.C2F6NO4S2/c1-15(2)17-10-13-22-20(14-17)23(24)19-6-4-5-7-21(19)25(22)18-11-8-16(3)9-12-18;3-1(4,5)14(10,11)9-15(12,13)2(6,7)8/h4-15H,1-3H3;/q+1;-1. The number of aryl methyl sites for hydroxylation is 1. The van der Waals surface area contributed by atoms with Gasteiger partial charge in [-0.15, -0.1) is 0 Å². The minimum Gasteiger partial charge on any atom is -0.421 e. The van der Waals surface area contributed by atoms with Crippen molar-refractivity contribution in [2.45, 2.75) is 37.7 Å². The minimum absolute atomic E-state index is 0.156. The zero-order valence-electron chi connectivity index (χ0n) is 20.9. The van der Waals surface area contributed by atoms with Crippen molar-refractivity contribution in [3.63, 3.8) is 0 Å². The molecule has 1 aromatic heterocycles. The molecule has 15 heteroatoms. The summed E-state index contributed by atoms with van der Waals surface area (Å²) in [5, 5.41) is 1.72. The van der Waals surface area contributed by atoms with Crippen LogP contribution in [0.15, 0.2) is 71.5 Å². The summed E-state index contributed by atoms with van der Waals surface area (Å²) in [5.41, 5.74) is -9.77. The molecule has 0 fully saturated rings. The number of alkyl halides is 6. The van der Waals surface area contributed by atoms with E-state index >= 15 is 0 Å². The Morgan fingerprint density at radius 2 is 1.23 bits per heavy atom. The Labute approximate surface area is 228 Å². The van der Waals surface area contributed by atoms with Crippen molar-refractivity contribution in [1.29, 1.82) is 0 Å². The van der Waals surface area contributed by atoms with E-state index in [1.165, 1.54) is 16.0 Å². The van der Waals surface area contributed by atoms with E-state index in [1.807, 2.05) is 18.2 Å². The second-order valence-corrected chi connectivity index (χ2v) is 14.2. The van der Waals surface area contributed by atoms with E-state index in [0.717, 1.165) is 24.3 Å². The molecule has 0 N–H and O–H groups in total. The predicted molar refractivity (Wildman–Crippen MR) is 144 cm³/mol. The molecule has 0 radical (unpaired) electrons. The molecule has 1 unspecified atom stereocenters. The fraction of sp³-hybridized carbons (Fsp3) is 0.240. The first-order valence-corrected chi connectivity index (χ1v) is 15.3. The molecule has 40 heavy (non-hydrogen) atoms. The average Bonchev–Trinajstić information content (AvgIpc) is 2.83. The maximum atomic E-state index is 13.1. The molecule has 3 aromatic carbocycles. The van der Waals surface area contributed by atoms with Gasteiger partial charge in [-0.25, -0.2) is 16.8 Å². The van der Waals surface area contributed by atoms with Gasteiger partial charge < -0.3 is 4.13 Å². The molecular weight excluding hydrogens is 604 g/mol. The highest BCUT2D eigenvalue weighted by Gasteiger charge is 2.47. The molecule has 0 aliphatic heterocycles. The fourth-order valence-electron chi connectivity index (χ4n) is 3.50. The molecule has 0 spiro atoms. The smallest absolute Gasteiger partial charge is 0.421 e. The van der Waals surface area contributed by atoms with Crippen molar-refractivity contribution in [2.24, 2.45) is 0 Å². The molecule has 0 saturated heterocycles. The number of hydrogen-bond donors (Lipinski definition) is 0. The summed E-state index contributed by atoms with van der Waals surface area (Å²) in [5.74, 6) is 0.413. The van der Waals surface area contributed by atoms with E-state index in [2.05, 4.69) is 69.3 Å². The van der Waals surface area contributed by atoms with Crippen LogP contribution in [-0.4, -0.2) is 27.9 Å². The van der Waals surface area contributed by atoms with Crippen LogP contribution in [-0.2, 0) is 20.0 Å². The summed E-state index contributed by atoms with van der Waals surface area (Å²) < 4.78 is 111. The highest BCUT2D eigenvalue weighted by atomic mass is 32.3. The molecule has 0 aliphatic carbocycles. The van der Waals surface area contributed by atoms with Crippen LogP contribution in [0.4, 0.5) is 26.3 Å². The van der Waals surface area contributed by atoms with Crippen LogP contribution >= 0.6 is 10.5 Å². The largest absolute Gasteiger partial charge is 0.480 e. The molecule has 0 saturated carbocycles. The van der Waals surface area contributed by atoms with Crippen molar-refractivity contribution in [3.05, 3.63) is 92.2 Å². The normalized spacial score (nSPS) is 13.4. The third-order valence-corrected chi connectivity index (χ3v) is 10.6. The minimum atomic E-state index is -6.72. The third-order valence-electron chi connectivity index (χ3n) is 5.52. The van der Waals surface area contributed by atoms with E-state index in [1.54, 1.807) is 0 Å². The van der Waals surface area contributed by atoms with Gasteiger partial charge >= 0.3 is 11.0 Å². The van der Waals surface area contributed by atoms with Gasteiger partial charge in [-0.2, -0.15) is 26.3 Å². The summed E-state index contributed by atoms with van der Waals surface area (Å²) in [6, 6.07) is 23.2. The molecule has 1 heterocycles. The highest BCUT2D eigenvalue weighted by Crippen LogP contribution is 2.43. The van der Waals surface area contributed by atoms with Crippen molar-refractivity contribution in [2.75, 3.05) is 0 Å². The number of rotatable bonds is 4. The van der Waals surface area contributed by atoms with E-state index < -0.39 is 31.1 Å². The van der Waals surface area contributed by atoms with Crippen molar-refractivity contribution in [3.8, 4) is 4.90 Å². The molecule has 0 amide bonds. The zero-order chi connectivity index (χ0) is 30.3. The van der Waals surface area contributed by atoms with E-state index in [4.69, 9.17) is 0 Å². The summed E-state index contributed by atoms with van der Waals surface area (Å²) in [7, 11) is -13.7. The quantitative estimate of drug-likeness (QED) is 0.132. The lowest BCUT2D eigenvalue weighted by atomic mass is 10.0. The molecule has 1 atom stereocenters. The van der Waals surface area contributed by atoms with Gasteiger partial charge in [0, 0.05) is 10.5 Å². The van der Waals surface area contributed by atoms with Gasteiger partial charge in [0.15, 0.2) is 34.3 Å². The summed E-state index contributed by atoms with van der Waals surface area (Å²) >= 11 is 0. The first kappa shape index (κ1) is 31.5. The lowest BCUT2D eigenvalue weighted by Crippen LogP contribution is -2.30. The number of hydrogen-bond acceptors (Lipinski definition) is 5. The van der Waals surface area contributed by atoms with Gasteiger partial charge in [-0.3, -0.25) is 4.79 Å². The summed E-state index contributed by atoms with van der Waals surface area (Å²) in [4.78, 5) is 14.4. The SMILES string of the molecule is Cc1ccc(-[s+]2c3ccccc3c(=O)c3cc(C(C)C)ccc32)cc1.O=S(=O)([N-]S(=O)(=O)C(F)(F)F)C(F)(F)F. The Hall–Kier alpha value is -3.01. The Balaban J connectivity index is 0.000000255. The van der Waals surface area contributed by atoms with Crippen molar-refractivity contribution in [1.82, 2.24) is 0 Å². The number of benzene rings is 3. The predicted octanol–water partition coefficient (Wildman–Crippen LogP) is 7.58. The van der Waals surface area contributed by atoms with Crippen LogP contribution in [0, 0.1) is 6.92 Å². The second-order valence-electron chi connectivity index (χ2n) is 8.77. The van der Waals surface area contributed by atoms with Gasteiger partial charge in [0.2, 0.25) is 5.43 Å². The van der Waals surface area contributed by atoms with Crippen molar-refractivity contribution >= 4 is 50.7 Å². The Morgan fingerprint density at radius 1 is 0.725 bits per heavy atom. The monoisotopic (exact) mass is 625 g/mol. The van der Waals surface area contributed by atoms with Crippen LogP contribution in [0.25, 0.3) is 29.2 Å². The number of fused-ring (bicyclic) bond motifs is 2. The lowest BCUT2D eigenvalue weighted by Gasteiger charge is -2.22. The van der Waals surface area contributed by atoms with E-state index in [-0.39, 0.29) is 15.9 Å². The van der Waals surface area contributed by atoms with Gasteiger partial charge in [0.1, 0.15) is 0 Å². The Morgan fingerprint density at radius 3 is 1.73 bits per heavy atom. The average molecular weight is 626 g/mol. The zero-order valence-corrected chi connectivity index (χ0v) is 23.4. The first-order valence-electron chi connectivity index (χ1n) is 11.2. The van der Waals surface area contributed by atoms with Crippen LogP contribution in [0.1, 0.15) is 30.9 Å². The first-order chi connectivity index (χ1) is 18.3. The molecular formula is C25H21F6NO5S3. The van der Waals surface area contributed by atoms with Crippen LogP contribution in [0.2, 0.25) is 0 Å². The number of sulfonamides is 2. The fourth-order valence-corrected chi connectivity index (χ4v) is 7.53. The number of nitrogens with zero attached hydrogens (tertiary/aromatic N) is 1. The highest BCUT2D eigenvalue weighted by molar-refractivity contribution is 8.13. The molecule has 4 rings (SSSR count). The van der Waals surface area contributed by atoms with E-state index in [9.17, 15) is 48.0 Å². The van der Waals surface area contributed by atoms with Crippen LogP contribution < -0.4 is 5.43 Å². The molecule has 216 valence electrons. The van der Waals surface area contributed by atoms with E-state index in [0.29, 0.717) is 5.92 Å². The number of halogens is 6. The maximum absolute atomic E-state index is 13.1. The lowest BCUT2D eigenvalue weighted by molar-refractivity contribution is -0.0444. The summed E-state index contributed by atoms with van der Waals surface area (Å²) in [6.45, 7) is 6.44. The molecule has 6 nitrogen and oxygen atoms in total. The van der Waals surface area contributed by atoms with Gasteiger partial charge in [-0.05, 0) is 54.8 Å². The topological polar surface area (TPSA) is 99.4 Å². The maximum Gasteiger partial charge on any atom is 0.480 e. The van der Waals surface area contributed by atoms with Gasteiger partial charge in [-0.1, -0.05) is 49.7 Å². The van der Waals surface area contributed by atoms with Crippen LogP contribution in [0.5, 0.6) is 0 Å². The Kier molecular flexibility index (Phi) is 8.75. The second kappa shape index (κ2) is 11.1.